The lowest BCUT2D eigenvalue weighted by Gasteiger charge is -2.12. The molecule has 0 aliphatic carbocycles. The van der Waals surface area contributed by atoms with E-state index in [1.54, 1.807) is 12.1 Å². The Morgan fingerprint density at radius 1 is 1.54 bits per heavy atom. The van der Waals surface area contributed by atoms with Crippen LogP contribution in [0.15, 0.2) is 12.1 Å². The van der Waals surface area contributed by atoms with Gasteiger partial charge in [0.2, 0.25) is 0 Å². The molecule has 0 heterocycles. The van der Waals surface area contributed by atoms with Crippen LogP contribution in [0.4, 0.5) is 0 Å². The van der Waals surface area contributed by atoms with Gasteiger partial charge in [-0.25, -0.2) is 0 Å². The number of aliphatic hydroxyl groups excluding tert-OH is 1. The minimum Gasteiger partial charge on any atom is -0.506 e. The predicted octanol–water partition coefficient (Wildman–Crippen LogP) is 1.35. The lowest BCUT2D eigenvalue weighted by Crippen LogP contribution is -2.14. The van der Waals surface area contributed by atoms with Crippen LogP contribution in [-0.2, 0) is 0 Å². The second kappa shape index (κ2) is 3.96. The zero-order chi connectivity index (χ0) is 10.0. The minimum absolute atomic E-state index is 0.0474. The van der Waals surface area contributed by atoms with Gasteiger partial charge in [0.1, 0.15) is 5.75 Å². The highest BCUT2D eigenvalue weighted by atomic mass is 35.5. The average molecular weight is 202 g/mol. The summed E-state index contributed by atoms with van der Waals surface area (Å²) in [6.45, 7) is 1.63. The minimum atomic E-state index is -0.586. The van der Waals surface area contributed by atoms with E-state index in [9.17, 15) is 5.11 Å². The van der Waals surface area contributed by atoms with Crippen molar-refractivity contribution in [3.8, 4) is 5.75 Å². The summed E-state index contributed by atoms with van der Waals surface area (Å²) >= 11 is 5.73. The predicted molar refractivity (Wildman–Crippen MR) is 51.9 cm³/mol. The second-order valence-corrected chi connectivity index (χ2v) is 3.38. The van der Waals surface area contributed by atoms with E-state index in [1.165, 1.54) is 0 Å². The van der Waals surface area contributed by atoms with Crippen LogP contribution in [0.25, 0.3) is 0 Å². The van der Waals surface area contributed by atoms with Crippen molar-refractivity contribution in [1.29, 1.82) is 0 Å². The van der Waals surface area contributed by atoms with Crippen molar-refractivity contribution in [3.05, 3.63) is 28.3 Å². The van der Waals surface area contributed by atoms with Crippen molar-refractivity contribution in [1.82, 2.24) is 0 Å². The number of aromatic hydroxyl groups is 1. The van der Waals surface area contributed by atoms with Crippen molar-refractivity contribution < 1.29 is 10.2 Å². The fourth-order valence-electron chi connectivity index (χ4n) is 1.14. The first kappa shape index (κ1) is 10.3. The van der Waals surface area contributed by atoms with Gasteiger partial charge < -0.3 is 15.9 Å². The fourth-order valence-corrected chi connectivity index (χ4v) is 1.42. The summed E-state index contributed by atoms with van der Waals surface area (Å²) in [5.41, 5.74) is 6.95. The summed E-state index contributed by atoms with van der Waals surface area (Å²) in [5.74, 6) is -0.0474. The Balaban J connectivity index is 3.20. The van der Waals surface area contributed by atoms with Crippen LogP contribution < -0.4 is 5.73 Å². The topological polar surface area (TPSA) is 66.5 Å². The quantitative estimate of drug-likeness (QED) is 0.677. The third kappa shape index (κ3) is 2.12. The SMILES string of the molecule is Cc1cc(Cl)c(O)c([C@H](N)CO)c1. The third-order valence-corrected chi connectivity index (χ3v) is 2.12. The van der Waals surface area contributed by atoms with Gasteiger partial charge in [-0.2, -0.15) is 0 Å². The maximum atomic E-state index is 9.50. The first-order valence-corrected chi connectivity index (χ1v) is 4.29. The van der Waals surface area contributed by atoms with E-state index in [1.807, 2.05) is 6.92 Å². The van der Waals surface area contributed by atoms with E-state index in [0.29, 0.717) is 5.56 Å². The number of aryl methyl sites for hydroxylation is 1. The van der Waals surface area contributed by atoms with E-state index < -0.39 is 6.04 Å². The summed E-state index contributed by atoms with van der Waals surface area (Å²) < 4.78 is 0. The summed E-state index contributed by atoms with van der Waals surface area (Å²) in [6, 6.07) is 2.77. The molecule has 0 aliphatic rings. The third-order valence-electron chi connectivity index (χ3n) is 1.83. The number of phenols is 1. The molecule has 1 rings (SSSR count). The van der Waals surface area contributed by atoms with Crippen molar-refractivity contribution in [2.24, 2.45) is 5.73 Å². The van der Waals surface area contributed by atoms with Crippen LogP contribution in [0.1, 0.15) is 17.2 Å². The number of hydrogen-bond acceptors (Lipinski definition) is 3. The molecule has 0 radical (unpaired) electrons. The number of hydrogen-bond donors (Lipinski definition) is 3. The lowest BCUT2D eigenvalue weighted by atomic mass is 10.0. The molecule has 4 N–H and O–H groups in total. The smallest absolute Gasteiger partial charge is 0.139 e. The maximum absolute atomic E-state index is 9.50. The van der Waals surface area contributed by atoms with Gasteiger partial charge in [0.25, 0.3) is 0 Å². The van der Waals surface area contributed by atoms with Crippen LogP contribution >= 0.6 is 11.6 Å². The van der Waals surface area contributed by atoms with Gasteiger partial charge in [-0.15, -0.1) is 0 Å². The van der Waals surface area contributed by atoms with Crippen LogP contribution in [0.2, 0.25) is 5.02 Å². The standard InChI is InChI=1S/C9H12ClNO2/c1-5-2-6(8(11)4-12)9(13)7(10)3-5/h2-3,8,12-13H,4,11H2,1H3/t8-/m1/s1. The van der Waals surface area contributed by atoms with Crippen molar-refractivity contribution in [3.63, 3.8) is 0 Å². The van der Waals surface area contributed by atoms with E-state index in [4.69, 9.17) is 22.4 Å². The molecule has 3 nitrogen and oxygen atoms in total. The molecule has 1 aromatic rings. The average Bonchev–Trinajstić information content (AvgIpc) is 2.10. The molecular weight excluding hydrogens is 190 g/mol. The molecular formula is C9H12ClNO2. The van der Waals surface area contributed by atoms with Crippen molar-refractivity contribution in [2.75, 3.05) is 6.61 Å². The summed E-state index contributed by atoms with van der Waals surface area (Å²) in [4.78, 5) is 0. The number of benzene rings is 1. The molecule has 4 heteroatoms. The van der Waals surface area contributed by atoms with Gasteiger partial charge in [0.15, 0.2) is 0 Å². The molecule has 0 saturated carbocycles. The molecule has 1 aromatic carbocycles. The Kier molecular flexibility index (Phi) is 3.14. The largest absolute Gasteiger partial charge is 0.506 e. The molecule has 0 aliphatic heterocycles. The second-order valence-electron chi connectivity index (χ2n) is 2.97. The van der Waals surface area contributed by atoms with E-state index in [-0.39, 0.29) is 17.4 Å². The Morgan fingerprint density at radius 2 is 2.15 bits per heavy atom. The van der Waals surface area contributed by atoms with Crippen LogP contribution in [0, 0.1) is 6.92 Å². The molecule has 0 bridgehead atoms. The number of aliphatic hydroxyl groups is 1. The zero-order valence-electron chi connectivity index (χ0n) is 7.29. The molecule has 0 aromatic heterocycles. The summed E-state index contributed by atoms with van der Waals surface area (Å²) in [5, 5.41) is 18.6. The van der Waals surface area contributed by atoms with Gasteiger partial charge in [-0.1, -0.05) is 17.7 Å². The van der Waals surface area contributed by atoms with Crippen molar-refractivity contribution in [2.45, 2.75) is 13.0 Å². The van der Waals surface area contributed by atoms with Gasteiger partial charge in [0.05, 0.1) is 17.7 Å². The number of nitrogens with two attached hydrogens (primary N) is 1. The first-order valence-electron chi connectivity index (χ1n) is 3.91. The zero-order valence-corrected chi connectivity index (χ0v) is 8.04. The molecule has 0 saturated heterocycles. The highest BCUT2D eigenvalue weighted by molar-refractivity contribution is 6.32. The molecule has 72 valence electrons. The van der Waals surface area contributed by atoms with E-state index in [2.05, 4.69) is 0 Å². The Hall–Kier alpha value is -0.770. The number of halogens is 1. The normalized spacial score (nSPS) is 12.9. The van der Waals surface area contributed by atoms with Crippen LogP contribution in [-0.4, -0.2) is 16.8 Å². The van der Waals surface area contributed by atoms with Gasteiger partial charge in [-0.3, -0.25) is 0 Å². The number of rotatable bonds is 2. The Bertz CT molecular complexity index is 315. The molecule has 0 amide bonds. The van der Waals surface area contributed by atoms with E-state index >= 15 is 0 Å². The molecule has 0 spiro atoms. The number of phenolic OH excluding ortho intramolecular Hbond substituents is 1. The summed E-state index contributed by atoms with van der Waals surface area (Å²) in [7, 11) is 0. The highest BCUT2D eigenvalue weighted by Crippen LogP contribution is 2.31. The van der Waals surface area contributed by atoms with Crippen molar-refractivity contribution >= 4 is 11.6 Å². The van der Waals surface area contributed by atoms with E-state index in [0.717, 1.165) is 5.56 Å². The van der Waals surface area contributed by atoms with Gasteiger partial charge in [0, 0.05) is 5.56 Å². The monoisotopic (exact) mass is 201 g/mol. The molecule has 1 atom stereocenters. The van der Waals surface area contributed by atoms with Gasteiger partial charge >= 0.3 is 0 Å². The van der Waals surface area contributed by atoms with Gasteiger partial charge in [-0.05, 0) is 18.6 Å². The Morgan fingerprint density at radius 3 is 2.69 bits per heavy atom. The summed E-state index contributed by atoms with van der Waals surface area (Å²) in [6.07, 6.45) is 0. The van der Waals surface area contributed by atoms with Crippen LogP contribution in [0.3, 0.4) is 0 Å². The molecule has 0 fully saturated rings. The first-order chi connectivity index (χ1) is 6.06. The molecule has 0 unspecified atom stereocenters. The highest BCUT2D eigenvalue weighted by Gasteiger charge is 2.12. The fraction of sp³-hybridized carbons (Fsp3) is 0.333. The maximum Gasteiger partial charge on any atom is 0.139 e. The van der Waals surface area contributed by atoms with Crippen LogP contribution in [0.5, 0.6) is 5.75 Å². The lowest BCUT2D eigenvalue weighted by molar-refractivity contribution is 0.265. The Labute approximate surface area is 81.8 Å². The molecule has 13 heavy (non-hydrogen) atoms.